The highest BCUT2D eigenvalue weighted by molar-refractivity contribution is 5.94. The first kappa shape index (κ1) is 17.9. The summed E-state index contributed by atoms with van der Waals surface area (Å²) in [7, 11) is 0. The maximum absolute atomic E-state index is 12.5. The van der Waals surface area contributed by atoms with Crippen LogP contribution in [-0.2, 0) is 9.59 Å². The third-order valence-corrected chi connectivity index (χ3v) is 6.33. The van der Waals surface area contributed by atoms with Gasteiger partial charge in [0.15, 0.2) is 0 Å². The van der Waals surface area contributed by atoms with E-state index in [9.17, 15) is 9.59 Å². The molecule has 1 saturated carbocycles. The zero-order chi connectivity index (χ0) is 20.0. The van der Waals surface area contributed by atoms with Crippen molar-refractivity contribution in [1.29, 1.82) is 5.26 Å². The average molecular weight is 389 g/mol. The molecule has 7 heteroatoms. The van der Waals surface area contributed by atoms with Gasteiger partial charge >= 0.3 is 0 Å². The van der Waals surface area contributed by atoms with Gasteiger partial charge in [0.25, 0.3) is 0 Å². The molecule has 1 N–H and O–H groups in total. The van der Waals surface area contributed by atoms with Crippen LogP contribution in [0, 0.1) is 11.3 Å². The van der Waals surface area contributed by atoms with Crippen molar-refractivity contribution in [3.05, 3.63) is 30.0 Å². The fourth-order valence-corrected chi connectivity index (χ4v) is 4.88. The number of aromatic nitrogens is 2. The molecule has 2 atom stereocenters. The van der Waals surface area contributed by atoms with Crippen molar-refractivity contribution in [1.82, 2.24) is 14.9 Å². The van der Waals surface area contributed by atoms with E-state index in [1.807, 2.05) is 29.3 Å². The van der Waals surface area contributed by atoms with Crippen molar-refractivity contribution in [2.75, 3.05) is 4.90 Å². The molecule has 7 nitrogen and oxygen atoms in total. The van der Waals surface area contributed by atoms with Crippen LogP contribution in [0.25, 0.3) is 16.6 Å². The van der Waals surface area contributed by atoms with E-state index in [0.717, 1.165) is 61.5 Å². The number of rotatable bonds is 5. The third kappa shape index (κ3) is 3.09. The van der Waals surface area contributed by atoms with Crippen LogP contribution in [0.5, 0.6) is 0 Å². The van der Waals surface area contributed by atoms with E-state index in [1.165, 1.54) is 5.57 Å². The monoisotopic (exact) mass is 389 g/mol. The first-order valence-electron chi connectivity index (χ1n) is 10.3. The summed E-state index contributed by atoms with van der Waals surface area (Å²) < 4.78 is 0. The van der Waals surface area contributed by atoms with E-state index in [-0.39, 0.29) is 30.5 Å². The molecule has 1 aliphatic carbocycles. The topological polar surface area (TPSA) is 93.1 Å². The Morgan fingerprint density at radius 2 is 2.24 bits per heavy atom. The van der Waals surface area contributed by atoms with Gasteiger partial charge in [-0.2, -0.15) is 5.26 Å². The molecule has 0 spiro atoms. The van der Waals surface area contributed by atoms with Gasteiger partial charge in [0.1, 0.15) is 17.9 Å². The van der Waals surface area contributed by atoms with Crippen LogP contribution in [0.15, 0.2) is 24.4 Å². The van der Waals surface area contributed by atoms with Crippen LogP contribution in [0.3, 0.4) is 0 Å². The summed E-state index contributed by atoms with van der Waals surface area (Å²) in [5.74, 6) is 0.613. The fourth-order valence-electron chi connectivity index (χ4n) is 4.88. The number of fused-ring (bicyclic) bond motifs is 3. The lowest BCUT2D eigenvalue weighted by molar-refractivity contribution is -0.136. The molecule has 2 aliphatic heterocycles. The number of carbonyl (C=O) groups excluding carboxylic acids is 2. The van der Waals surface area contributed by atoms with E-state index in [4.69, 9.17) is 5.26 Å². The Hall–Kier alpha value is -3.14. The van der Waals surface area contributed by atoms with E-state index in [2.05, 4.69) is 16.0 Å². The van der Waals surface area contributed by atoms with E-state index in [0.29, 0.717) is 5.82 Å². The Labute approximate surface area is 169 Å². The van der Waals surface area contributed by atoms with Crippen LogP contribution in [0.4, 0.5) is 5.82 Å². The molecule has 0 aromatic carbocycles. The number of hydrogen-bond donors (Lipinski definition) is 1. The minimum Gasteiger partial charge on any atom is -0.346 e. The predicted octanol–water partition coefficient (Wildman–Crippen LogP) is 3.14. The van der Waals surface area contributed by atoms with Crippen molar-refractivity contribution in [3.63, 3.8) is 0 Å². The number of H-pyrrole nitrogens is 1. The van der Waals surface area contributed by atoms with Crippen molar-refractivity contribution < 1.29 is 9.59 Å². The summed E-state index contributed by atoms with van der Waals surface area (Å²) in [5.41, 5.74) is 3.07. The summed E-state index contributed by atoms with van der Waals surface area (Å²) in [4.78, 5) is 35.7. The Morgan fingerprint density at radius 3 is 2.97 bits per heavy atom. The second kappa shape index (κ2) is 7.03. The Morgan fingerprint density at radius 1 is 1.38 bits per heavy atom. The van der Waals surface area contributed by atoms with Gasteiger partial charge in [-0.1, -0.05) is 6.08 Å². The summed E-state index contributed by atoms with van der Waals surface area (Å²) in [6.45, 7) is 0. The molecule has 0 radical (unpaired) electrons. The SMILES string of the molecule is N#CCC(=O)N1C2C=C(c3cc(N(C=O)C4CC4)nc4[nH]ccc34)CC1CCC2. The minimum absolute atomic E-state index is 0.0366. The quantitative estimate of drug-likeness (QED) is 0.795. The summed E-state index contributed by atoms with van der Waals surface area (Å²) in [6.07, 6.45) is 10.7. The van der Waals surface area contributed by atoms with Crippen molar-refractivity contribution in [3.8, 4) is 6.07 Å². The minimum atomic E-state index is -0.0689. The van der Waals surface area contributed by atoms with Gasteiger partial charge in [-0.15, -0.1) is 0 Å². The number of carbonyl (C=O) groups is 2. The number of aromatic amines is 1. The number of nitriles is 1. The smallest absolute Gasteiger partial charge is 0.237 e. The highest BCUT2D eigenvalue weighted by Crippen LogP contribution is 2.40. The average Bonchev–Trinajstić information content (AvgIpc) is 3.43. The van der Waals surface area contributed by atoms with Gasteiger partial charge in [0.05, 0.1) is 12.1 Å². The summed E-state index contributed by atoms with van der Waals surface area (Å²) in [5, 5.41) is 9.99. The molecular weight excluding hydrogens is 366 g/mol. The second-order valence-corrected chi connectivity index (χ2v) is 8.20. The van der Waals surface area contributed by atoms with Gasteiger partial charge < -0.3 is 9.88 Å². The van der Waals surface area contributed by atoms with Crippen LogP contribution in [0.2, 0.25) is 0 Å². The van der Waals surface area contributed by atoms with E-state index >= 15 is 0 Å². The molecule has 2 amide bonds. The van der Waals surface area contributed by atoms with Gasteiger partial charge in [-0.3, -0.25) is 14.5 Å². The molecule has 2 bridgehead atoms. The zero-order valence-corrected chi connectivity index (χ0v) is 16.2. The number of anilines is 1. The van der Waals surface area contributed by atoms with Crippen molar-refractivity contribution in [2.24, 2.45) is 0 Å². The normalized spacial score (nSPS) is 23.4. The first-order chi connectivity index (χ1) is 14.2. The molecule has 2 fully saturated rings. The zero-order valence-electron chi connectivity index (χ0n) is 16.2. The van der Waals surface area contributed by atoms with Crippen LogP contribution < -0.4 is 4.90 Å². The molecule has 1 saturated heterocycles. The maximum Gasteiger partial charge on any atom is 0.237 e. The Balaban J connectivity index is 1.57. The molecule has 4 heterocycles. The predicted molar refractivity (Wildman–Crippen MR) is 109 cm³/mol. The number of nitrogens with one attached hydrogen (secondary N) is 1. The van der Waals surface area contributed by atoms with Gasteiger partial charge in [-0.25, -0.2) is 4.98 Å². The number of piperidine rings is 1. The first-order valence-corrected chi connectivity index (χ1v) is 10.3. The molecule has 5 rings (SSSR count). The Kier molecular flexibility index (Phi) is 4.35. The molecule has 148 valence electrons. The standard InChI is InChI=1S/C22H23N5O2/c23-8-6-21(29)27-16-2-1-3-17(27)11-14(10-16)19-12-20(26(13-28)15-4-5-15)25-22-18(19)7-9-24-22/h7,9-10,12-13,15-17H,1-6,11H2,(H,24,25). The van der Waals surface area contributed by atoms with E-state index in [1.54, 1.807) is 4.90 Å². The van der Waals surface area contributed by atoms with Crippen molar-refractivity contribution in [2.45, 2.75) is 63.1 Å². The summed E-state index contributed by atoms with van der Waals surface area (Å²) in [6, 6.07) is 6.46. The largest absolute Gasteiger partial charge is 0.346 e. The van der Waals surface area contributed by atoms with E-state index < -0.39 is 0 Å². The highest BCUT2D eigenvalue weighted by Gasteiger charge is 2.37. The fraction of sp³-hybridized carbons (Fsp3) is 0.455. The van der Waals surface area contributed by atoms with Gasteiger partial charge in [0.2, 0.25) is 12.3 Å². The highest BCUT2D eigenvalue weighted by atomic mass is 16.2. The van der Waals surface area contributed by atoms with Crippen LogP contribution in [-0.4, -0.2) is 45.3 Å². The molecule has 2 aromatic rings. The number of nitrogens with zero attached hydrogens (tertiary/aromatic N) is 4. The second-order valence-electron chi connectivity index (χ2n) is 8.20. The molecule has 29 heavy (non-hydrogen) atoms. The lowest BCUT2D eigenvalue weighted by atomic mass is 9.82. The number of amides is 2. The molecular formula is C22H23N5O2. The third-order valence-electron chi connectivity index (χ3n) is 6.33. The van der Waals surface area contributed by atoms with Crippen LogP contribution >= 0.6 is 0 Å². The maximum atomic E-state index is 12.5. The summed E-state index contributed by atoms with van der Waals surface area (Å²) >= 11 is 0. The lowest BCUT2D eigenvalue weighted by Gasteiger charge is -2.45. The Bertz CT molecular complexity index is 1050. The molecule has 3 aliphatic rings. The molecule has 2 aromatic heterocycles. The van der Waals surface area contributed by atoms with Crippen LogP contribution in [0.1, 0.15) is 50.5 Å². The van der Waals surface area contributed by atoms with Gasteiger partial charge in [0, 0.05) is 23.7 Å². The number of pyridine rings is 1. The number of hydrogen-bond acceptors (Lipinski definition) is 4. The lowest BCUT2D eigenvalue weighted by Crippen LogP contribution is -2.51. The van der Waals surface area contributed by atoms with Gasteiger partial charge in [-0.05, 0) is 61.8 Å². The van der Waals surface area contributed by atoms with Crippen molar-refractivity contribution >= 4 is 34.7 Å². The molecule has 2 unspecified atom stereocenters.